The van der Waals surface area contributed by atoms with Gasteiger partial charge in [-0.2, -0.15) is 0 Å². The summed E-state index contributed by atoms with van der Waals surface area (Å²) in [4.78, 5) is 4.18. The number of hydrogen-bond acceptors (Lipinski definition) is 3. The molecule has 2 aromatic rings. The SMILES string of the molecule is CC1(C)CC(C(CCNCc2cccnc2)Cc2ccccc2Cl)CCO1. The second-order valence-electron chi connectivity index (χ2n) is 8.24. The van der Waals surface area contributed by atoms with Crippen LogP contribution in [0.25, 0.3) is 0 Å². The van der Waals surface area contributed by atoms with Crippen LogP contribution in [0.3, 0.4) is 0 Å². The molecule has 0 saturated carbocycles. The highest BCUT2D eigenvalue weighted by Gasteiger charge is 2.33. The van der Waals surface area contributed by atoms with Crippen LogP contribution >= 0.6 is 11.6 Å². The number of hydrogen-bond donors (Lipinski definition) is 1. The van der Waals surface area contributed by atoms with E-state index in [4.69, 9.17) is 16.3 Å². The van der Waals surface area contributed by atoms with Crippen molar-refractivity contribution in [1.29, 1.82) is 0 Å². The van der Waals surface area contributed by atoms with Crippen LogP contribution in [0.2, 0.25) is 5.02 Å². The fourth-order valence-electron chi connectivity index (χ4n) is 4.16. The number of nitrogens with zero attached hydrogens (tertiary/aromatic N) is 1. The Balaban J connectivity index is 1.61. The van der Waals surface area contributed by atoms with Gasteiger partial charge in [0.2, 0.25) is 0 Å². The number of benzene rings is 1. The molecule has 0 radical (unpaired) electrons. The summed E-state index contributed by atoms with van der Waals surface area (Å²) in [5, 5.41) is 4.47. The van der Waals surface area contributed by atoms with E-state index < -0.39 is 0 Å². The van der Waals surface area contributed by atoms with E-state index in [2.05, 4.69) is 42.3 Å². The van der Waals surface area contributed by atoms with Gasteiger partial charge in [0.05, 0.1) is 5.60 Å². The molecular weight excluding hydrogens is 356 g/mol. The van der Waals surface area contributed by atoms with Crippen LogP contribution in [0.4, 0.5) is 0 Å². The highest BCUT2D eigenvalue weighted by molar-refractivity contribution is 6.31. The Morgan fingerprint density at radius 2 is 2.11 bits per heavy atom. The molecular formula is C23H31ClN2O. The summed E-state index contributed by atoms with van der Waals surface area (Å²) in [7, 11) is 0. The average molecular weight is 387 g/mol. The molecule has 3 nitrogen and oxygen atoms in total. The minimum Gasteiger partial charge on any atom is -0.376 e. The first kappa shape index (κ1) is 20.3. The van der Waals surface area contributed by atoms with Crippen molar-refractivity contribution in [2.24, 2.45) is 11.8 Å². The molecule has 4 heteroatoms. The summed E-state index contributed by atoms with van der Waals surface area (Å²) >= 11 is 6.46. The zero-order valence-electron chi connectivity index (χ0n) is 16.5. The molecule has 0 bridgehead atoms. The molecule has 1 aromatic carbocycles. The van der Waals surface area contributed by atoms with E-state index in [1.807, 2.05) is 30.6 Å². The van der Waals surface area contributed by atoms with Crippen LogP contribution in [0, 0.1) is 11.8 Å². The highest BCUT2D eigenvalue weighted by Crippen LogP contribution is 2.37. The molecule has 1 aliphatic rings. The number of halogens is 1. The predicted molar refractivity (Wildman–Crippen MR) is 112 cm³/mol. The third kappa shape index (κ3) is 6.31. The summed E-state index contributed by atoms with van der Waals surface area (Å²) in [5.74, 6) is 1.28. The Morgan fingerprint density at radius 3 is 2.85 bits per heavy atom. The molecule has 2 heterocycles. The second-order valence-corrected chi connectivity index (χ2v) is 8.65. The molecule has 2 unspecified atom stereocenters. The predicted octanol–water partition coefficient (Wildman–Crippen LogP) is 5.28. The molecule has 0 aliphatic carbocycles. The van der Waals surface area contributed by atoms with Gasteiger partial charge in [0.25, 0.3) is 0 Å². The summed E-state index contributed by atoms with van der Waals surface area (Å²) in [6.07, 6.45) is 8.18. The summed E-state index contributed by atoms with van der Waals surface area (Å²) in [6.45, 7) is 7.16. The largest absolute Gasteiger partial charge is 0.376 e. The summed E-state index contributed by atoms with van der Waals surface area (Å²) in [5.41, 5.74) is 2.47. The van der Waals surface area contributed by atoms with Crippen LogP contribution in [-0.4, -0.2) is 23.7 Å². The Hall–Kier alpha value is -1.42. The van der Waals surface area contributed by atoms with Gasteiger partial charge in [-0.1, -0.05) is 35.9 Å². The Kier molecular flexibility index (Phi) is 7.28. The van der Waals surface area contributed by atoms with Crippen LogP contribution in [0.15, 0.2) is 48.8 Å². The van der Waals surface area contributed by atoms with Crippen LogP contribution in [-0.2, 0) is 17.7 Å². The van der Waals surface area contributed by atoms with Crippen molar-refractivity contribution in [3.63, 3.8) is 0 Å². The van der Waals surface area contributed by atoms with E-state index in [1.54, 1.807) is 0 Å². The lowest BCUT2D eigenvalue weighted by Gasteiger charge is -2.39. The van der Waals surface area contributed by atoms with E-state index in [9.17, 15) is 0 Å². The van der Waals surface area contributed by atoms with E-state index in [0.29, 0.717) is 11.8 Å². The molecule has 1 fully saturated rings. The molecule has 27 heavy (non-hydrogen) atoms. The lowest BCUT2D eigenvalue weighted by atomic mass is 9.75. The Labute approximate surface area is 168 Å². The second kappa shape index (κ2) is 9.68. The van der Waals surface area contributed by atoms with Crippen LogP contribution in [0.1, 0.15) is 44.2 Å². The van der Waals surface area contributed by atoms with E-state index >= 15 is 0 Å². The molecule has 0 spiro atoms. The van der Waals surface area contributed by atoms with E-state index in [1.165, 1.54) is 11.1 Å². The molecule has 0 amide bonds. The first-order valence-corrected chi connectivity index (χ1v) is 10.4. The number of aromatic nitrogens is 1. The van der Waals surface area contributed by atoms with Crippen molar-refractivity contribution in [2.45, 2.75) is 51.7 Å². The van der Waals surface area contributed by atoms with E-state index in [-0.39, 0.29) is 5.60 Å². The highest BCUT2D eigenvalue weighted by atomic mass is 35.5. The zero-order chi connectivity index (χ0) is 19.1. The molecule has 146 valence electrons. The summed E-state index contributed by atoms with van der Waals surface area (Å²) in [6, 6.07) is 12.4. The topological polar surface area (TPSA) is 34.2 Å². The fourth-order valence-corrected chi connectivity index (χ4v) is 4.37. The normalized spacial score (nSPS) is 20.3. The van der Waals surface area contributed by atoms with Crippen molar-refractivity contribution in [1.82, 2.24) is 10.3 Å². The minimum absolute atomic E-state index is 0.0230. The van der Waals surface area contributed by atoms with Crippen molar-refractivity contribution >= 4 is 11.6 Å². The van der Waals surface area contributed by atoms with Crippen molar-refractivity contribution in [3.05, 3.63) is 64.9 Å². The number of ether oxygens (including phenoxy) is 1. The molecule has 1 N–H and O–H groups in total. The average Bonchev–Trinajstić information content (AvgIpc) is 2.66. The maximum atomic E-state index is 6.46. The molecule has 2 atom stereocenters. The van der Waals surface area contributed by atoms with Gasteiger partial charge < -0.3 is 10.1 Å². The van der Waals surface area contributed by atoms with Gasteiger partial charge in [0.1, 0.15) is 0 Å². The van der Waals surface area contributed by atoms with Crippen LogP contribution < -0.4 is 5.32 Å². The fraction of sp³-hybridized carbons (Fsp3) is 0.522. The molecule has 1 aromatic heterocycles. The zero-order valence-corrected chi connectivity index (χ0v) is 17.2. The first-order valence-electron chi connectivity index (χ1n) is 10.0. The van der Waals surface area contributed by atoms with Gasteiger partial charge in [-0.05, 0) is 81.2 Å². The Bertz CT molecular complexity index is 705. The van der Waals surface area contributed by atoms with Gasteiger partial charge in [-0.25, -0.2) is 0 Å². The molecule has 1 saturated heterocycles. The lowest BCUT2D eigenvalue weighted by Crippen LogP contribution is -2.38. The van der Waals surface area contributed by atoms with Crippen molar-refractivity contribution in [3.8, 4) is 0 Å². The van der Waals surface area contributed by atoms with Crippen molar-refractivity contribution in [2.75, 3.05) is 13.2 Å². The number of pyridine rings is 1. The van der Waals surface area contributed by atoms with Crippen LogP contribution in [0.5, 0.6) is 0 Å². The first-order chi connectivity index (χ1) is 13.0. The Morgan fingerprint density at radius 1 is 1.26 bits per heavy atom. The van der Waals surface area contributed by atoms with Gasteiger partial charge in [0.15, 0.2) is 0 Å². The quantitative estimate of drug-likeness (QED) is 0.627. The molecule has 3 rings (SSSR count). The lowest BCUT2D eigenvalue weighted by molar-refractivity contribution is -0.0830. The third-order valence-electron chi connectivity index (χ3n) is 5.59. The standard InChI is InChI=1S/C23H31ClN2O/c1-23(2)15-21(10-13-27-23)19(14-20-7-3-4-8-22(20)24)9-12-26-17-18-6-5-11-25-16-18/h3-8,11,16,19,21,26H,9-10,12-15,17H2,1-2H3. The van der Waals surface area contributed by atoms with Crippen molar-refractivity contribution < 1.29 is 4.74 Å². The maximum Gasteiger partial charge on any atom is 0.0629 e. The number of rotatable bonds is 8. The smallest absolute Gasteiger partial charge is 0.0629 e. The monoisotopic (exact) mass is 386 g/mol. The van der Waals surface area contributed by atoms with Gasteiger partial charge >= 0.3 is 0 Å². The summed E-state index contributed by atoms with van der Waals surface area (Å²) < 4.78 is 5.95. The van der Waals surface area contributed by atoms with Gasteiger partial charge in [-0.3, -0.25) is 4.98 Å². The van der Waals surface area contributed by atoms with E-state index in [0.717, 1.165) is 50.4 Å². The number of nitrogens with one attached hydrogen (secondary N) is 1. The minimum atomic E-state index is -0.0230. The molecule has 1 aliphatic heterocycles. The maximum absolute atomic E-state index is 6.46. The van der Waals surface area contributed by atoms with Gasteiger partial charge in [0, 0.05) is 30.6 Å². The van der Waals surface area contributed by atoms with Gasteiger partial charge in [-0.15, -0.1) is 0 Å². The third-order valence-corrected chi connectivity index (χ3v) is 5.95.